The molecule has 3 aromatic heterocycles. The van der Waals surface area contributed by atoms with Crippen molar-refractivity contribution < 1.29 is 9.84 Å². The monoisotopic (exact) mass is 417 g/mol. The number of aliphatic hydroxyl groups is 1. The molecule has 0 amide bonds. The summed E-state index contributed by atoms with van der Waals surface area (Å²) in [5.74, 6) is 1.39. The van der Waals surface area contributed by atoms with E-state index in [4.69, 9.17) is 4.74 Å². The number of benzene rings is 1. The molecule has 0 unspecified atom stereocenters. The lowest BCUT2D eigenvalue weighted by molar-refractivity contribution is 0.116. The van der Waals surface area contributed by atoms with Crippen LogP contribution in [0.4, 0.5) is 5.13 Å². The lowest BCUT2D eigenvalue weighted by Gasteiger charge is -2.27. The lowest BCUT2D eigenvalue weighted by atomic mass is 9.93. The van der Waals surface area contributed by atoms with Gasteiger partial charge in [-0.05, 0) is 37.1 Å². The van der Waals surface area contributed by atoms with Gasteiger partial charge in [0.15, 0.2) is 5.13 Å². The van der Waals surface area contributed by atoms with Gasteiger partial charge in [0.2, 0.25) is 0 Å². The van der Waals surface area contributed by atoms with E-state index in [1.165, 1.54) is 0 Å². The van der Waals surface area contributed by atoms with E-state index >= 15 is 0 Å². The average Bonchev–Trinajstić information content (AvgIpc) is 3.18. The van der Waals surface area contributed by atoms with Crippen molar-refractivity contribution in [1.29, 1.82) is 0 Å². The number of hydrogen-bond donors (Lipinski definition) is 2. The Morgan fingerprint density at radius 3 is 2.80 bits per heavy atom. The molecule has 6 nitrogen and oxygen atoms in total. The molecule has 151 valence electrons. The van der Waals surface area contributed by atoms with Gasteiger partial charge in [0, 0.05) is 41.9 Å². The highest BCUT2D eigenvalue weighted by Crippen LogP contribution is 2.33. The van der Waals surface area contributed by atoms with Gasteiger partial charge in [0.25, 0.3) is 0 Å². The fourth-order valence-electron chi connectivity index (χ4n) is 3.72. The highest BCUT2D eigenvalue weighted by Gasteiger charge is 2.23. The number of nitrogens with zero attached hydrogens (tertiary/aromatic N) is 3. The van der Waals surface area contributed by atoms with Crippen LogP contribution >= 0.6 is 11.3 Å². The molecule has 7 heteroatoms. The van der Waals surface area contributed by atoms with Gasteiger partial charge in [0.1, 0.15) is 11.5 Å². The van der Waals surface area contributed by atoms with Crippen LogP contribution in [0.1, 0.15) is 25.7 Å². The molecule has 1 radical (unpaired) electrons. The molecule has 1 aliphatic carbocycles. The molecule has 4 aromatic rings. The number of thiazole rings is 1. The van der Waals surface area contributed by atoms with E-state index in [9.17, 15) is 5.11 Å². The highest BCUT2D eigenvalue weighted by molar-refractivity contribution is 7.22. The van der Waals surface area contributed by atoms with Crippen LogP contribution in [0.3, 0.4) is 0 Å². The van der Waals surface area contributed by atoms with Crippen molar-refractivity contribution in [2.45, 2.75) is 37.8 Å². The maximum absolute atomic E-state index is 10.2. The molecule has 5 rings (SSSR count). The van der Waals surface area contributed by atoms with Crippen molar-refractivity contribution in [3.63, 3.8) is 0 Å². The Labute approximate surface area is 178 Å². The molecule has 3 heterocycles. The molecule has 0 spiro atoms. The second-order valence-corrected chi connectivity index (χ2v) is 8.47. The molecule has 1 aromatic carbocycles. The number of nitrogens with one attached hydrogen (secondary N) is 1. The molecular weight excluding hydrogens is 396 g/mol. The normalized spacial score (nSPS) is 19.0. The zero-order chi connectivity index (χ0) is 20.3. The van der Waals surface area contributed by atoms with Gasteiger partial charge in [-0.2, -0.15) is 0 Å². The Bertz CT molecular complexity index is 1150. The molecule has 1 aliphatic rings. The number of rotatable bonds is 5. The maximum Gasteiger partial charge on any atom is 0.184 e. The fourth-order valence-corrected chi connectivity index (χ4v) is 4.68. The van der Waals surface area contributed by atoms with Gasteiger partial charge < -0.3 is 15.2 Å². The summed E-state index contributed by atoms with van der Waals surface area (Å²) in [4.78, 5) is 13.1. The minimum absolute atomic E-state index is 0.0774. The highest BCUT2D eigenvalue weighted by atomic mass is 32.1. The third kappa shape index (κ3) is 4.13. The van der Waals surface area contributed by atoms with Crippen LogP contribution in [0.5, 0.6) is 11.5 Å². The van der Waals surface area contributed by atoms with E-state index in [0.29, 0.717) is 5.75 Å². The van der Waals surface area contributed by atoms with Gasteiger partial charge in [0.05, 0.1) is 28.6 Å². The SMILES string of the molecule is O[C@@H]1CCCC[C@H]1Nc1nc2ccc(Oc3cncc(-c4c[c]cnc4)c3)cc2s1. The predicted octanol–water partition coefficient (Wildman–Crippen LogP) is 5.06. The van der Waals surface area contributed by atoms with Crippen molar-refractivity contribution in [3.05, 3.63) is 61.2 Å². The number of aromatic nitrogens is 3. The zero-order valence-corrected chi connectivity index (χ0v) is 17.1. The molecule has 0 saturated heterocycles. The number of ether oxygens (including phenoxy) is 1. The third-order valence-corrected chi connectivity index (χ3v) is 6.23. The first-order chi connectivity index (χ1) is 14.7. The predicted molar refractivity (Wildman–Crippen MR) is 118 cm³/mol. The van der Waals surface area contributed by atoms with Gasteiger partial charge in [-0.15, -0.1) is 0 Å². The van der Waals surface area contributed by atoms with E-state index in [1.807, 2.05) is 30.3 Å². The first-order valence-electron chi connectivity index (χ1n) is 10.0. The standard InChI is InChI=1S/C23H21N4O2S/c28-21-6-2-1-5-19(21)26-23-27-20-8-7-17(11-22(20)30-23)29-18-10-16(13-25-14-18)15-4-3-9-24-12-15/h4,7-14,19,21,28H,1-2,5-6H2,(H,26,27)/t19-,21-/m1/s1. The van der Waals surface area contributed by atoms with E-state index in [-0.39, 0.29) is 12.1 Å². The van der Waals surface area contributed by atoms with Crippen molar-refractivity contribution in [2.24, 2.45) is 0 Å². The van der Waals surface area contributed by atoms with Gasteiger partial charge in [-0.3, -0.25) is 9.97 Å². The number of aliphatic hydroxyl groups excluding tert-OH is 1. The molecule has 0 aliphatic heterocycles. The summed E-state index contributed by atoms with van der Waals surface area (Å²) in [7, 11) is 0. The van der Waals surface area contributed by atoms with Crippen molar-refractivity contribution in [1.82, 2.24) is 15.0 Å². The first-order valence-corrected chi connectivity index (χ1v) is 10.9. The summed E-state index contributed by atoms with van der Waals surface area (Å²) in [6.07, 6.45) is 10.6. The number of anilines is 1. The van der Waals surface area contributed by atoms with E-state index in [0.717, 1.165) is 57.9 Å². The van der Waals surface area contributed by atoms with Crippen LogP contribution in [-0.4, -0.2) is 32.2 Å². The Morgan fingerprint density at radius 1 is 1.03 bits per heavy atom. The van der Waals surface area contributed by atoms with Crippen molar-refractivity contribution in [3.8, 4) is 22.6 Å². The zero-order valence-electron chi connectivity index (χ0n) is 16.3. The number of pyridine rings is 2. The molecule has 0 bridgehead atoms. The summed E-state index contributed by atoms with van der Waals surface area (Å²) in [5, 5.41) is 14.5. The van der Waals surface area contributed by atoms with E-state index in [2.05, 4.69) is 26.3 Å². The average molecular weight is 418 g/mol. The Balaban J connectivity index is 1.34. The summed E-state index contributed by atoms with van der Waals surface area (Å²) in [6, 6.07) is 12.7. The smallest absolute Gasteiger partial charge is 0.184 e. The Morgan fingerprint density at radius 2 is 1.93 bits per heavy atom. The third-order valence-electron chi connectivity index (χ3n) is 5.28. The molecular formula is C23H21N4O2S. The van der Waals surface area contributed by atoms with Crippen LogP contribution in [0.2, 0.25) is 0 Å². The second-order valence-electron chi connectivity index (χ2n) is 7.44. The summed E-state index contributed by atoms with van der Waals surface area (Å²) in [5.41, 5.74) is 2.78. The van der Waals surface area contributed by atoms with E-state index < -0.39 is 0 Å². The van der Waals surface area contributed by atoms with Gasteiger partial charge in [-0.1, -0.05) is 24.2 Å². The quantitative estimate of drug-likeness (QED) is 0.472. The van der Waals surface area contributed by atoms with Gasteiger partial charge >= 0.3 is 0 Å². The lowest BCUT2D eigenvalue weighted by Crippen LogP contribution is -2.36. The van der Waals surface area contributed by atoms with Crippen molar-refractivity contribution >= 4 is 26.7 Å². The molecule has 2 atom stereocenters. The maximum atomic E-state index is 10.2. The van der Waals surface area contributed by atoms with E-state index in [1.54, 1.807) is 36.1 Å². The first kappa shape index (κ1) is 19.0. The summed E-state index contributed by atoms with van der Waals surface area (Å²) < 4.78 is 7.08. The fraction of sp³-hybridized carbons (Fsp3) is 0.261. The summed E-state index contributed by atoms with van der Waals surface area (Å²) in [6.45, 7) is 0. The van der Waals surface area contributed by atoms with Crippen molar-refractivity contribution in [2.75, 3.05) is 5.32 Å². The number of hydrogen-bond acceptors (Lipinski definition) is 7. The molecule has 1 saturated carbocycles. The van der Waals surface area contributed by atoms with Crippen LogP contribution < -0.4 is 10.1 Å². The van der Waals surface area contributed by atoms with Crippen LogP contribution in [0.25, 0.3) is 21.3 Å². The molecule has 30 heavy (non-hydrogen) atoms. The minimum Gasteiger partial charge on any atom is -0.456 e. The van der Waals surface area contributed by atoms with Crippen LogP contribution in [-0.2, 0) is 0 Å². The molecule has 1 fully saturated rings. The topological polar surface area (TPSA) is 80.2 Å². The van der Waals surface area contributed by atoms with Gasteiger partial charge in [-0.25, -0.2) is 4.98 Å². The van der Waals surface area contributed by atoms with Crippen LogP contribution in [0, 0.1) is 6.07 Å². The Kier molecular flexibility index (Phi) is 5.29. The minimum atomic E-state index is -0.304. The summed E-state index contributed by atoms with van der Waals surface area (Å²) >= 11 is 1.58. The molecule has 2 N–H and O–H groups in total. The largest absolute Gasteiger partial charge is 0.456 e. The second kappa shape index (κ2) is 8.38. The Hall–Kier alpha value is -3.03. The van der Waals surface area contributed by atoms with Crippen LogP contribution in [0.15, 0.2) is 55.1 Å². The number of fused-ring (bicyclic) bond motifs is 1.